The fraction of sp³-hybridized carbons (Fsp3) is 0.350. The van der Waals surface area contributed by atoms with Crippen LogP contribution in [0.4, 0.5) is 0 Å². The van der Waals surface area contributed by atoms with Crippen molar-refractivity contribution in [3.63, 3.8) is 0 Å². The number of benzene rings is 1. The van der Waals surface area contributed by atoms with Crippen LogP contribution in [0.5, 0.6) is 0 Å². The molecule has 1 aromatic carbocycles. The fourth-order valence-electron chi connectivity index (χ4n) is 3.07. The molecule has 3 aromatic rings. The van der Waals surface area contributed by atoms with Gasteiger partial charge in [-0.2, -0.15) is 0 Å². The number of amides is 1. The summed E-state index contributed by atoms with van der Waals surface area (Å²) in [6.07, 6.45) is 2.81. The molecule has 1 saturated carbocycles. The number of nitrogens with one attached hydrogen (secondary N) is 1. The molecule has 6 nitrogen and oxygen atoms in total. The lowest BCUT2D eigenvalue weighted by Crippen LogP contribution is -2.37. The van der Waals surface area contributed by atoms with E-state index in [4.69, 9.17) is 4.52 Å². The second kappa shape index (κ2) is 6.88. The van der Waals surface area contributed by atoms with Crippen molar-refractivity contribution in [2.24, 2.45) is 0 Å². The lowest BCUT2D eigenvalue weighted by Gasteiger charge is -2.15. The zero-order valence-electron chi connectivity index (χ0n) is 14.6. The van der Waals surface area contributed by atoms with Gasteiger partial charge in [-0.3, -0.25) is 4.79 Å². The number of aromatic nitrogens is 2. The highest BCUT2D eigenvalue weighted by molar-refractivity contribution is 6.09. The third kappa shape index (κ3) is 3.08. The van der Waals surface area contributed by atoms with E-state index in [9.17, 15) is 9.90 Å². The number of pyridine rings is 1. The third-order valence-electron chi connectivity index (χ3n) is 4.80. The summed E-state index contributed by atoms with van der Waals surface area (Å²) >= 11 is 0. The van der Waals surface area contributed by atoms with Gasteiger partial charge in [-0.05, 0) is 25.3 Å². The molecule has 0 saturated heterocycles. The van der Waals surface area contributed by atoms with Gasteiger partial charge >= 0.3 is 0 Å². The summed E-state index contributed by atoms with van der Waals surface area (Å²) in [5.74, 6) is 0.150. The standard InChI is InChI=1S/C20H21N3O3/c1-2-14(11-24)21-19(25)15-10-16(12-8-9-12)22-20-17(15)18(23-26-20)13-6-4-3-5-7-13/h3-7,10,12,14,24H,2,8-9,11H2,1H3,(H,21,25)/t14-/m0/s1. The van der Waals surface area contributed by atoms with Crippen LogP contribution in [0, 0.1) is 0 Å². The van der Waals surface area contributed by atoms with E-state index in [1.807, 2.05) is 43.3 Å². The van der Waals surface area contributed by atoms with Crippen LogP contribution in [0.3, 0.4) is 0 Å². The van der Waals surface area contributed by atoms with Crippen LogP contribution < -0.4 is 5.32 Å². The van der Waals surface area contributed by atoms with Gasteiger partial charge < -0.3 is 14.9 Å². The lowest BCUT2D eigenvalue weighted by molar-refractivity contribution is 0.0916. The Morgan fingerprint density at radius 3 is 2.77 bits per heavy atom. The first-order valence-corrected chi connectivity index (χ1v) is 8.98. The molecule has 0 bridgehead atoms. The first-order valence-electron chi connectivity index (χ1n) is 8.98. The zero-order valence-corrected chi connectivity index (χ0v) is 14.6. The van der Waals surface area contributed by atoms with E-state index in [2.05, 4.69) is 15.5 Å². The molecule has 2 N–H and O–H groups in total. The number of aliphatic hydroxyl groups excluding tert-OH is 1. The quantitative estimate of drug-likeness (QED) is 0.711. The van der Waals surface area contributed by atoms with E-state index in [0.29, 0.717) is 34.7 Å². The molecule has 6 heteroatoms. The molecule has 1 aliphatic carbocycles. The Morgan fingerprint density at radius 2 is 2.12 bits per heavy atom. The van der Waals surface area contributed by atoms with Crippen molar-refractivity contribution in [2.45, 2.75) is 38.1 Å². The van der Waals surface area contributed by atoms with Gasteiger partial charge in [0.05, 0.1) is 23.6 Å². The second-order valence-corrected chi connectivity index (χ2v) is 6.71. The second-order valence-electron chi connectivity index (χ2n) is 6.71. The van der Waals surface area contributed by atoms with Crippen molar-refractivity contribution >= 4 is 17.0 Å². The van der Waals surface area contributed by atoms with Crippen LogP contribution in [0.15, 0.2) is 40.9 Å². The maximum absolute atomic E-state index is 12.9. The molecule has 0 radical (unpaired) electrons. The van der Waals surface area contributed by atoms with Gasteiger partial charge in [-0.25, -0.2) is 4.98 Å². The summed E-state index contributed by atoms with van der Waals surface area (Å²) in [7, 11) is 0. The van der Waals surface area contributed by atoms with Gasteiger partial charge in [0, 0.05) is 17.2 Å². The molecule has 4 rings (SSSR count). The number of carbonyl (C=O) groups is 1. The topological polar surface area (TPSA) is 88.2 Å². The normalized spacial score (nSPS) is 15.2. The van der Waals surface area contributed by atoms with Gasteiger partial charge in [0.25, 0.3) is 11.6 Å². The van der Waals surface area contributed by atoms with Gasteiger partial charge in [-0.1, -0.05) is 42.4 Å². The molecule has 1 atom stereocenters. The molecular weight excluding hydrogens is 330 g/mol. The van der Waals surface area contributed by atoms with Crippen LogP contribution >= 0.6 is 0 Å². The minimum Gasteiger partial charge on any atom is -0.394 e. The minimum atomic E-state index is -0.282. The summed E-state index contributed by atoms with van der Waals surface area (Å²) in [6.45, 7) is 1.83. The Balaban J connectivity index is 1.85. The van der Waals surface area contributed by atoms with E-state index in [1.54, 1.807) is 0 Å². The fourth-order valence-corrected chi connectivity index (χ4v) is 3.07. The van der Waals surface area contributed by atoms with Gasteiger partial charge in [0.1, 0.15) is 5.69 Å². The summed E-state index contributed by atoms with van der Waals surface area (Å²) in [5.41, 5.74) is 3.24. The molecule has 1 aliphatic rings. The maximum atomic E-state index is 12.9. The average molecular weight is 351 g/mol. The number of nitrogens with zero attached hydrogens (tertiary/aromatic N) is 2. The number of hydrogen-bond donors (Lipinski definition) is 2. The molecule has 0 unspecified atom stereocenters. The highest BCUT2D eigenvalue weighted by Gasteiger charge is 2.29. The number of aliphatic hydroxyl groups is 1. The minimum absolute atomic E-state index is 0.0961. The molecule has 134 valence electrons. The van der Waals surface area contributed by atoms with Crippen molar-refractivity contribution < 1.29 is 14.4 Å². The van der Waals surface area contributed by atoms with Crippen molar-refractivity contribution in [2.75, 3.05) is 6.61 Å². The van der Waals surface area contributed by atoms with Crippen LogP contribution in [0.2, 0.25) is 0 Å². The lowest BCUT2D eigenvalue weighted by atomic mass is 10.0. The predicted octanol–water partition coefficient (Wildman–Crippen LogP) is 3.27. The highest BCUT2D eigenvalue weighted by Crippen LogP contribution is 2.41. The summed E-state index contributed by atoms with van der Waals surface area (Å²) in [5, 5.41) is 17.1. The van der Waals surface area contributed by atoms with Crippen LogP contribution in [-0.2, 0) is 0 Å². The van der Waals surface area contributed by atoms with Crippen LogP contribution in [0.25, 0.3) is 22.4 Å². The summed E-state index contributed by atoms with van der Waals surface area (Å²) in [6, 6.07) is 11.2. The molecule has 26 heavy (non-hydrogen) atoms. The van der Waals surface area contributed by atoms with Crippen LogP contribution in [-0.4, -0.2) is 33.8 Å². The Hall–Kier alpha value is -2.73. The third-order valence-corrected chi connectivity index (χ3v) is 4.80. The van der Waals surface area contributed by atoms with Gasteiger partial charge in [0.15, 0.2) is 0 Å². The molecular formula is C20H21N3O3. The predicted molar refractivity (Wildman–Crippen MR) is 97.8 cm³/mol. The maximum Gasteiger partial charge on any atom is 0.259 e. The first-order chi connectivity index (χ1) is 12.7. The van der Waals surface area contributed by atoms with E-state index in [0.717, 1.165) is 24.1 Å². The van der Waals surface area contributed by atoms with Gasteiger partial charge in [0.2, 0.25) is 0 Å². The van der Waals surface area contributed by atoms with E-state index < -0.39 is 0 Å². The van der Waals surface area contributed by atoms with Crippen molar-refractivity contribution in [1.29, 1.82) is 0 Å². The monoisotopic (exact) mass is 351 g/mol. The Bertz CT molecular complexity index is 928. The Morgan fingerprint density at radius 1 is 1.35 bits per heavy atom. The summed E-state index contributed by atoms with van der Waals surface area (Å²) < 4.78 is 5.48. The zero-order chi connectivity index (χ0) is 18.1. The smallest absolute Gasteiger partial charge is 0.259 e. The molecule has 0 aliphatic heterocycles. The van der Waals surface area contributed by atoms with E-state index in [-0.39, 0.29) is 18.6 Å². The van der Waals surface area contributed by atoms with Crippen LogP contribution in [0.1, 0.15) is 48.2 Å². The Labute approximate surface area is 151 Å². The van der Waals surface area contributed by atoms with Crippen molar-refractivity contribution in [3.05, 3.63) is 47.7 Å². The molecule has 0 spiro atoms. The van der Waals surface area contributed by atoms with Gasteiger partial charge in [-0.15, -0.1) is 0 Å². The molecule has 2 heterocycles. The van der Waals surface area contributed by atoms with Crippen molar-refractivity contribution in [1.82, 2.24) is 15.5 Å². The largest absolute Gasteiger partial charge is 0.394 e. The number of rotatable bonds is 6. The average Bonchev–Trinajstić information content (AvgIpc) is 3.45. The first kappa shape index (κ1) is 16.7. The molecule has 1 amide bonds. The number of carbonyl (C=O) groups excluding carboxylic acids is 1. The molecule has 1 fully saturated rings. The summed E-state index contributed by atoms with van der Waals surface area (Å²) in [4.78, 5) is 17.5. The number of fused-ring (bicyclic) bond motifs is 1. The number of hydrogen-bond acceptors (Lipinski definition) is 5. The SMILES string of the molecule is CC[C@@H](CO)NC(=O)c1cc(C2CC2)nc2onc(-c3ccccc3)c12. The highest BCUT2D eigenvalue weighted by atomic mass is 16.5. The van der Waals surface area contributed by atoms with E-state index >= 15 is 0 Å². The Kier molecular flexibility index (Phi) is 4.42. The van der Waals surface area contributed by atoms with Crippen molar-refractivity contribution in [3.8, 4) is 11.3 Å². The van der Waals surface area contributed by atoms with E-state index in [1.165, 1.54) is 0 Å². The molecule has 2 aromatic heterocycles.